The third kappa shape index (κ3) is 7.38. The Bertz CT molecular complexity index is 1450. The summed E-state index contributed by atoms with van der Waals surface area (Å²) in [6.07, 6.45) is 3.78. The average Bonchev–Trinajstić information content (AvgIpc) is 2.96. The van der Waals surface area contributed by atoms with E-state index in [0.717, 1.165) is 16.7 Å². The largest absolute Gasteiger partial charge is 0.481 e. The molecular weight excluding hydrogens is 490 g/mol. The average molecular weight is 522 g/mol. The first kappa shape index (κ1) is 27.3. The second-order valence-electron chi connectivity index (χ2n) is 9.30. The molecule has 0 saturated heterocycles. The number of rotatable bonds is 11. The zero-order valence-electron chi connectivity index (χ0n) is 21.8. The van der Waals surface area contributed by atoms with Crippen LogP contribution in [0.2, 0.25) is 0 Å². The van der Waals surface area contributed by atoms with E-state index in [-0.39, 0.29) is 24.8 Å². The lowest BCUT2D eigenvalue weighted by Gasteiger charge is -2.24. The topological polar surface area (TPSA) is 99.6 Å². The van der Waals surface area contributed by atoms with Gasteiger partial charge in [0.25, 0.3) is 11.8 Å². The van der Waals surface area contributed by atoms with Crippen molar-refractivity contribution in [2.45, 2.75) is 26.3 Å². The van der Waals surface area contributed by atoms with Crippen LogP contribution in [0.25, 0.3) is 11.1 Å². The lowest BCUT2D eigenvalue weighted by atomic mass is 9.94. The molecule has 0 aliphatic carbocycles. The number of amides is 2. The van der Waals surface area contributed by atoms with Crippen molar-refractivity contribution >= 4 is 17.8 Å². The van der Waals surface area contributed by atoms with E-state index in [9.17, 15) is 19.5 Å². The zero-order valence-corrected chi connectivity index (χ0v) is 21.8. The number of carbonyl (C=O) groups excluding carboxylic acids is 2. The maximum atomic E-state index is 13.8. The van der Waals surface area contributed by atoms with Gasteiger partial charge in [-0.3, -0.25) is 19.4 Å². The Labute approximate surface area is 228 Å². The molecule has 0 aliphatic heterocycles. The van der Waals surface area contributed by atoms with Crippen LogP contribution in [0.15, 0.2) is 97.3 Å². The van der Waals surface area contributed by atoms with E-state index in [1.54, 1.807) is 41.6 Å². The summed E-state index contributed by atoms with van der Waals surface area (Å²) in [7, 11) is 0. The summed E-state index contributed by atoms with van der Waals surface area (Å²) < 4.78 is 0. The highest BCUT2D eigenvalue weighted by Crippen LogP contribution is 2.28. The summed E-state index contributed by atoms with van der Waals surface area (Å²) in [5.74, 6) is -1.49. The Morgan fingerprint density at radius 2 is 1.46 bits per heavy atom. The molecule has 1 aromatic heterocycles. The van der Waals surface area contributed by atoms with Gasteiger partial charge in [-0.2, -0.15) is 0 Å². The Hall–Kier alpha value is -4.78. The molecule has 7 heteroatoms. The minimum absolute atomic E-state index is 0.0756. The molecule has 2 N–H and O–H groups in total. The number of aliphatic carboxylic acids is 1. The fourth-order valence-corrected chi connectivity index (χ4v) is 4.45. The van der Waals surface area contributed by atoms with Crippen molar-refractivity contribution in [1.29, 1.82) is 0 Å². The van der Waals surface area contributed by atoms with Gasteiger partial charge < -0.3 is 15.3 Å². The number of hydrogen-bond donors (Lipinski definition) is 2. The van der Waals surface area contributed by atoms with E-state index in [0.29, 0.717) is 41.8 Å². The normalized spacial score (nSPS) is 10.6. The van der Waals surface area contributed by atoms with Gasteiger partial charge in [-0.25, -0.2) is 0 Å². The molecule has 1 heterocycles. The van der Waals surface area contributed by atoms with Crippen LogP contribution in [0, 0.1) is 6.92 Å². The Morgan fingerprint density at radius 3 is 2.15 bits per heavy atom. The van der Waals surface area contributed by atoms with E-state index in [4.69, 9.17) is 0 Å². The van der Waals surface area contributed by atoms with Gasteiger partial charge in [0.05, 0.1) is 6.42 Å². The quantitative estimate of drug-likeness (QED) is 0.285. The first-order valence-electron chi connectivity index (χ1n) is 12.8. The number of benzene rings is 3. The molecule has 2 amide bonds. The van der Waals surface area contributed by atoms with Gasteiger partial charge in [-0.15, -0.1) is 0 Å². The van der Waals surface area contributed by atoms with Gasteiger partial charge in [0.1, 0.15) is 0 Å². The summed E-state index contributed by atoms with van der Waals surface area (Å²) in [6, 6.07) is 26.0. The Kier molecular flexibility index (Phi) is 9.19. The lowest BCUT2D eigenvalue weighted by Crippen LogP contribution is -2.35. The summed E-state index contributed by atoms with van der Waals surface area (Å²) in [4.78, 5) is 44.0. The summed E-state index contributed by atoms with van der Waals surface area (Å²) in [6.45, 7) is 2.81. The standard InChI is InChI=1S/C32H31N3O4/c1-23-7-6-8-25(21-23)22-34-31(38)28-11-4-2-9-26(28)27-10-3-5-12-29(27)32(39)35(20-16-30(36)37)19-15-24-13-17-33-18-14-24/h2-14,17-18,21H,15-16,19-20,22H2,1H3,(H,34,38)(H,36,37). The number of nitrogens with zero attached hydrogens (tertiary/aromatic N) is 2. The molecule has 3 aromatic carbocycles. The molecule has 0 radical (unpaired) electrons. The third-order valence-corrected chi connectivity index (χ3v) is 6.46. The van der Waals surface area contributed by atoms with Crippen molar-refractivity contribution < 1.29 is 19.5 Å². The lowest BCUT2D eigenvalue weighted by molar-refractivity contribution is -0.137. The number of nitrogens with one attached hydrogen (secondary N) is 1. The van der Waals surface area contributed by atoms with Crippen LogP contribution < -0.4 is 5.32 Å². The van der Waals surface area contributed by atoms with Crippen LogP contribution >= 0.6 is 0 Å². The van der Waals surface area contributed by atoms with Crippen molar-refractivity contribution in [2.75, 3.05) is 13.1 Å². The maximum Gasteiger partial charge on any atom is 0.305 e. The van der Waals surface area contributed by atoms with E-state index in [1.807, 2.05) is 67.6 Å². The fourth-order valence-electron chi connectivity index (χ4n) is 4.45. The third-order valence-electron chi connectivity index (χ3n) is 6.46. The first-order chi connectivity index (χ1) is 18.9. The van der Waals surface area contributed by atoms with Crippen molar-refractivity contribution in [3.63, 3.8) is 0 Å². The molecule has 198 valence electrons. The highest BCUT2D eigenvalue weighted by atomic mass is 16.4. The molecule has 0 bridgehead atoms. The minimum atomic E-state index is -0.972. The van der Waals surface area contributed by atoms with Gasteiger partial charge >= 0.3 is 5.97 Å². The van der Waals surface area contributed by atoms with E-state index in [1.165, 1.54) is 0 Å². The molecule has 4 rings (SSSR count). The van der Waals surface area contributed by atoms with Gasteiger partial charge in [0, 0.05) is 43.2 Å². The Balaban J connectivity index is 1.60. The maximum absolute atomic E-state index is 13.8. The molecule has 39 heavy (non-hydrogen) atoms. The second kappa shape index (κ2) is 13.1. The van der Waals surface area contributed by atoms with Crippen molar-refractivity contribution in [3.8, 4) is 11.1 Å². The minimum Gasteiger partial charge on any atom is -0.481 e. The first-order valence-corrected chi connectivity index (χ1v) is 12.8. The number of carbonyl (C=O) groups is 3. The van der Waals surface area contributed by atoms with E-state index < -0.39 is 5.97 Å². The van der Waals surface area contributed by atoms with Gasteiger partial charge in [0.15, 0.2) is 0 Å². The van der Waals surface area contributed by atoms with Crippen LogP contribution in [0.5, 0.6) is 0 Å². The number of carboxylic acids is 1. The van der Waals surface area contributed by atoms with Crippen molar-refractivity contribution in [3.05, 3.63) is 125 Å². The van der Waals surface area contributed by atoms with Gasteiger partial charge in [-0.1, -0.05) is 66.2 Å². The molecule has 0 spiro atoms. The van der Waals surface area contributed by atoms with Crippen LogP contribution in [-0.4, -0.2) is 45.9 Å². The Morgan fingerprint density at radius 1 is 0.795 bits per heavy atom. The summed E-state index contributed by atoms with van der Waals surface area (Å²) in [5, 5.41) is 12.3. The fraction of sp³-hybridized carbons (Fsp3) is 0.188. The number of aryl methyl sites for hydroxylation is 1. The van der Waals surface area contributed by atoms with E-state index >= 15 is 0 Å². The van der Waals surface area contributed by atoms with Crippen LogP contribution in [-0.2, 0) is 17.8 Å². The number of pyridine rings is 1. The monoisotopic (exact) mass is 521 g/mol. The summed E-state index contributed by atoms with van der Waals surface area (Å²) >= 11 is 0. The smallest absolute Gasteiger partial charge is 0.305 e. The number of aromatic nitrogens is 1. The predicted octanol–water partition coefficient (Wildman–Crippen LogP) is 5.15. The number of carboxylic acid groups (broad SMARTS) is 1. The highest BCUT2D eigenvalue weighted by molar-refractivity contribution is 6.06. The SMILES string of the molecule is Cc1cccc(CNC(=O)c2ccccc2-c2ccccc2C(=O)N(CCC(=O)O)CCc2ccncc2)c1. The van der Waals surface area contributed by atoms with Crippen LogP contribution in [0.1, 0.15) is 43.8 Å². The zero-order chi connectivity index (χ0) is 27.6. The van der Waals surface area contributed by atoms with Crippen molar-refractivity contribution in [2.24, 2.45) is 0 Å². The molecule has 4 aromatic rings. The highest BCUT2D eigenvalue weighted by Gasteiger charge is 2.22. The molecule has 0 saturated carbocycles. The van der Waals surface area contributed by atoms with Crippen LogP contribution in [0.3, 0.4) is 0 Å². The molecular formula is C32H31N3O4. The summed E-state index contributed by atoms with van der Waals surface area (Å²) in [5.41, 5.74) is 5.24. The van der Waals surface area contributed by atoms with Crippen LogP contribution in [0.4, 0.5) is 0 Å². The molecule has 0 fully saturated rings. The van der Waals surface area contributed by atoms with Crippen molar-refractivity contribution in [1.82, 2.24) is 15.2 Å². The molecule has 0 unspecified atom stereocenters. The predicted molar refractivity (Wildman–Crippen MR) is 150 cm³/mol. The van der Waals surface area contributed by atoms with E-state index in [2.05, 4.69) is 10.3 Å². The molecule has 0 atom stereocenters. The number of hydrogen-bond acceptors (Lipinski definition) is 4. The second-order valence-corrected chi connectivity index (χ2v) is 9.30. The van der Waals surface area contributed by atoms with Gasteiger partial charge in [0.2, 0.25) is 0 Å². The van der Waals surface area contributed by atoms with Gasteiger partial charge in [-0.05, 0) is 59.9 Å². The molecule has 0 aliphatic rings. The molecule has 7 nitrogen and oxygen atoms in total.